The topological polar surface area (TPSA) is 25.4 Å². The SMILES string of the molecule is CCOc1cccc(N(CCCl)CC(F)(F)F)n1. The van der Waals surface area contributed by atoms with Crippen molar-refractivity contribution in [2.24, 2.45) is 0 Å². The van der Waals surface area contributed by atoms with Crippen molar-refractivity contribution in [1.82, 2.24) is 4.98 Å². The molecular weight excluding hydrogens is 269 g/mol. The van der Waals surface area contributed by atoms with Crippen LogP contribution in [0, 0.1) is 0 Å². The molecule has 0 N–H and O–H groups in total. The maximum atomic E-state index is 12.4. The van der Waals surface area contributed by atoms with Crippen LogP contribution in [0.4, 0.5) is 19.0 Å². The summed E-state index contributed by atoms with van der Waals surface area (Å²) in [5.74, 6) is 0.604. The summed E-state index contributed by atoms with van der Waals surface area (Å²) in [6.45, 7) is 1.18. The van der Waals surface area contributed by atoms with Crippen molar-refractivity contribution in [3.05, 3.63) is 18.2 Å². The third-order valence-corrected chi connectivity index (χ3v) is 2.22. The van der Waals surface area contributed by atoms with Crippen LogP contribution >= 0.6 is 11.6 Å². The fourth-order valence-corrected chi connectivity index (χ4v) is 1.61. The Morgan fingerprint density at radius 1 is 1.39 bits per heavy atom. The highest BCUT2D eigenvalue weighted by molar-refractivity contribution is 6.18. The largest absolute Gasteiger partial charge is 0.478 e. The van der Waals surface area contributed by atoms with Gasteiger partial charge in [0.05, 0.1) is 6.61 Å². The van der Waals surface area contributed by atoms with E-state index in [1.54, 1.807) is 19.1 Å². The van der Waals surface area contributed by atoms with E-state index in [1.807, 2.05) is 0 Å². The maximum Gasteiger partial charge on any atom is 0.405 e. The molecule has 0 aliphatic heterocycles. The van der Waals surface area contributed by atoms with Crippen LogP contribution < -0.4 is 9.64 Å². The van der Waals surface area contributed by atoms with Crippen LogP contribution in [0.25, 0.3) is 0 Å². The number of anilines is 1. The second-order valence-corrected chi connectivity index (χ2v) is 3.87. The minimum Gasteiger partial charge on any atom is -0.478 e. The molecule has 0 amide bonds. The number of hydrogen-bond acceptors (Lipinski definition) is 3. The number of halogens is 4. The van der Waals surface area contributed by atoms with E-state index in [9.17, 15) is 13.2 Å². The van der Waals surface area contributed by atoms with Gasteiger partial charge < -0.3 is 9.64 Å². The average molecular weight is 283 g/mol. The van der Waals surface area contributed by atoms with Crippen LogP contribution in [0.1, 0.15) is 6.92 Å². The Hall–Kier alpha value is -1.17. The Kier molecular flexibility index (Phi) is 5.53. The van der Waals surface area contributed by atoms with E-state index in [1.165, 1.54) is 6.07 Å². The van der Waals surface area contributed by atoms with E-state index in [4.69, 9.17) is 16.3 Å². The number of pyridine rings is 1. The van der Waals surface area contributed by atoms with Crippen molar-refractivity contribution < 1.29 is 17.9 Å². The Balaban J connectivity index is 2.87. The first kappa shape index (κ1) is 14.9. The minimum atomic E-state index is -4.30. The normalized spacial score (nSPS) is 11.4. The highest BCUT2D eigenvalue weighted by Gasteiger charge is 2.31. The highest BCUT2D eigenvalue weighted by Crippen LogP contribution is 2.22. The number of ether oxygens (including phenoxy) is 1. The van der Waals surface area contributed by atoms with Gasteiger partial charge in [-0.3, -0.25) is 0 Å². The second-order valence-electron chi connectivity index (χ2n) is 3.49. The van der Waals surface area contributed by atoms with Crippen molar-refractivity contribution in [2.75, 3.05) is 30.5 Å². The van der Waals surface area contributed by atoms with E-state index in [2.05, 4.69) is 4.98 Å². The Morgan fingerprint density at radius 3 is 2.67 bits per heavy atom. The van der Waals surface area contributed by atoms with Gasteiger partial charge in [0.15, 0.2) is 0 Å². The van der Waals surface area contributed by atoms with Crippen molar-refractivity contribution in [3.63, 3.8) is 0 Å². The zero-order chi connectivity index (χ0) is 13.6. The molecule has 0 aliphatic carbocycles. The standard InChI is InChI=1S/C11H14ClF3N2O/c1-2-18-10-5-3-4-9(16-10)17(7-6-12)8-11(13,14)15/h3-5H,2,6-8H2,1H3. The Labute approximate surface area is 109 Å². The van der Waals surface area contributed by atoms with Gasteiger partial charge in [-0.05, 0) is 13.0 Å². The number of aromatic nitrogens is 1. The predicted octanol–water partition coefficient (Wildman–Crippen LogP) is 3.09. The lowest BCUT2D eigenvalue weighted by Gasteiger charge is -2.24. The van der Waals surface area contributed by atoms with Gasteiger partial charge in [-0.25, -0.2) is 0 Å². The molecule has 1 aromatic rings. The van der Waals surface area contributed by atoms with Gasteiger partial charge in [0.2, 0.25) is 5.88 Å². The molecule has 102 valence electrons. The van der Waals surface area contributed by atoms with Gasteiger partial charge in [0, 0.05) is 18.5 Å². The molecule has 0 radical (unpaired) electrons. The molecule has 0 bridgehead atoms. The lowest BCUT2D eigenvalue weighted by Crippen LogP contribution is -2.36. The summed E-state index contributed by atoms with van der Waals surface area (Å²) >= 11 is 5.51. The van der Waals surface area contributed by atoms with Gasteiger partial charge >= 0.3 is 6.18 Å². The Morgan fingerprint density at radius 2 is 2.11 bits per heavy atom. The van der Waals surface area contributed by atoms with Crippen LogP contribution in [-0.2, 0) is 0 Å². The quantitative estimate of drug-likeness (QED) is 0.750. The minimum absolute atomic E-state index is 0.0731. The fourth-order valence-electron chi connectivity index (χ4n) is 1.40. The van der Waals surface area contributed by atoms with Crippen LogP contribution in [0.5, 0.6) is 5.88 Å². The third kappa shape index (κ3) is 5.00. The summed E-state index contributed by atoms with van der Waals surface area (Å²) in [5, 5.41) is 0. The first-order valence-electron chi connectivity index (χ1n) is 5.43. The van der Waals surface area contributed by atoms with Crippen LogP contribution in [0.2, 0.25) is 0 Å². The molecule has 0 atom stereocenters. The molecule has 1 heterocycles. The van der Waals surface area contributed by atoms with Crippen LogP contribution in [-0.4, -0.2) is 36.7 Å². The molecule has 0 saturated heterocycles. The average Bonchev–Trinajstić information content (AvgIpc) is 2.28. The van der Waals surface area contributed by atoms with Crippen LogP contribution in [0.3, 0.4) is 0 Å². The van der Waals surface area contributed by atoms with Gasteiger partial charge in [0.1, 0.15) is 12.4 Å². The van der Waals surface area contributed by atoms with Crippen molar-refractivity contribution in [3.8, 4) is 5.88 Å². The summed E-state index contributed by atoms with van der Waals surface area (Å²) in [7, 11) is 0. The molecule has 3 nitrogen and oxygen atoms in total. The molecule has 0 spiro atoms. The van der Waals surface area contributed by atoms with Gasteiger partial charge in [0.25, 0.3) is 0 Å². The summed E-state index contributed by atoms with van der Waals surface area (Å²) in [4.78, 5) is 5.09. The molecular formula is C11H14ClF3N2O. The monoisotopic (exact) mass is 282 g/mol. The molecule has 0 saturated carbocycles. The highest BCUT2D eigenvalue weighted by atomic mass is 35.5. The number of rotatable bonds is 6. The first-order valence-corrected chi connectivity index (χ1v) is 5.97. The van der Waals surface area contributed by atoms with E-state index in [-0.39, 0.29) is 18.2 Å². The van der Waals surface area contributed by atoms with E-state index in [0.717, 1.165) is 4.90 Å². The van der Waals surface area contributed by atoms with Gasteiger partial charge in [-0.1, -0.05) is 6.07 Å². The first-order chi connectivity index (χ1) is 8.46. The van der Waals surface area contributed by atoms with Crippen LogP contribution in [0.15, 0.2) is 18.2 Å². The van der Waals surface area contributed by atoms with Crippen molar-refractivity contribution >= 4 is 17.4 Å². The summed E-state index contributed by atoms with van der Waals surface area (Å²) in [6.07, 6.45) is -4.30. The number of hydrogen-bond donors (Lipinski definition) is 0. The summed E-state index contributed by atoms with van der Waals surface area (Å²) in [5.41, 5.74) is 0. The molecule has 0 aromatic carbocycles. The zero-order valence-electron chi connectivity index (χ0n) is 9.88. The van der Waals surface area contributed by atoms with Gasteiger partial charge in [-0.15, -0.1) is 11.6 Å². The smallest absolute Gasteiger partial charge is 0.405 e. The lowest BCUT2D eigenvalue weighted by molar-refractivity contribution is -0.119. The fraction of sp³-hybridized carbons (Fsp3) is 0.545. The van der Waals surface area contributed by atoms with Crippen molar-refractivity contribution in [2.45, 2.75) is 13.1 Å². The van der Waals surface area contributed by atoms with E-state index < -0.39 is 12.7 Å². The summed E-state index contributed by atoms with van der Waals surface area (Å²) in [6, 6.07) is 4.70. The molecule has 1 rings (SSSR count). The predicted molar refractivity (Wildman–Crippen MR) is 64.4 cm³/mol. The molecule has 0 aliphatic rings. The zero-order valence-corrected chi connectivity index (χ0v) is 10.6. The molecule has 7 heteroatoms. The van der Waals surface area contributed by atoms with Gasteiger partial charge in [-0.2, -0.15) is 18.2 Å². The van der Waals surface area contributed by atoms with Crippen molar-refractivity contribution in [1.29, 1.82) is 0 Å². The number of alkyl halides is 4. The molecule has 0 fully saturated rings. The van der Waals surface area contributed by atoms with E-state index in [0.29, 0.717) is 12.5 Å². The third-order valence-electron chi connectivity index (χ3n) is 2.05. The summed E-state index contributed by atoms with van der Waals surface area (Å²) < 4.78 is 42.4. The molecule has 18 heavy (non-hydrogen) atoms. The molecule has 1 aromatic heterocycles. The van der Waals surface area contributed by atoms with E-state index >= 15 is 0 Å². The number of nitrogens with zero attached hydrogens (tertiary/aromatic N) is 2. The molecule has 0 unspecified atom stereocenters. The second kappa shape index (κ2) is 6.68. The lowest BCUT2D eigenvalue weighted by atomic mass is 10.4. The maximum absolute atomic E-state index is 12.4. The Bertz CT molecular complexity index is 374.